The lowest BCUT2D eigenvalue weighted by molar-refractivity contribution is -0.0453. The molecular formula is C22H43N7. The van der Waals surface area contributed by atoms with Crippen LogP contribution >= 0.6 is 0 Å². The first-order valence-corrected chi connectivity index (χ1v) is 11.7. The monoisotopic (exact) mass is 405 g/mol. The van der Waals surface area contributed by atoms with Gasteiger partial charge in [0, 0.05) is 58.4 Å². The van der Waals surface area contributed by atoms with E-state index in [0.29, 0.717) is 6.04 Å². The molecule has 0 radical (unpaired) electrons. The Kier molecular flexibility index (Phi) is 8.75. The molecule has 166 valence electrons. The van der Waals surface area contributed by atoms with Crippen LogP contribution in [0.3, 0.4) is 0 Å². The van der Waals surface area contributed by atoms with E-state index in [1.807, 2.05) is 0 Å². The molecule has 7 nitrogen and oxygen atoms in total. The summed E-state index contributed by atoms with van der Waals surface area (Å²) in [6, 6.07) is 0.591. The van der Waals surface area contributed by atoms with Crippen molar-refractivity contribution < 1.29 is 0 Å². The highest BCUT2D eigenvalue weighted by Gasteiger charge is 2.25. The maximum absolute atomic E-state index is 4.60. The van der Waals surface area contributed by atoms with Gasteiger partial charge in [-0.25, -0.2) is 0 Å². The zero-order valence-corrected chi connectivity index (χ0v) is 19.3. The molecule has 3 aliphatic rings. The van der Waals surface area contributed by atoms with Crippen LogP contribution in [0.4, 0.5) is 0 Å². The molecule has 3 rings (SSSR count). The smallest absolute Gasteiger partial charge is 0.0957 e. The second kappa shape index (κ2) is 11.3. The topological polar surface area (TPSA) is 40.9 Å². The molecule has 0 aliphatic carbocycles. The van der Waals surface area contributed by atoms with E-state index >= 15 is 0 Å². The molecule has 0 atom stereocenters. The molecule has 0 saturated carbocycles. The minimum Gasteiger partial charge on any atom is -0.360 e. The number of amidine groups is 2. The van der Waals surface area contributed by atoms with E-state index in [2.05, 4.69) is 62.2 Å². The summed E-state index contributed by atoms with van der Waals surface area (Å²) >= 11 is 0. The van der Waals surface area contributed by atoms with Crippen LogP contribution in [0.15, 0.2) is 9.98 Å². The molecule has 3 aliphatic heterocycles. The number of rotatable bonds is 9. The fraction of sp³-hybridized carbons (Fsp3) is 0.909. The van der Waals surface area contributed by atoms with Crippen molar-refractivity contribution in [2.24, 2.45) is 9.98 Å². The van der Waals surface area contributed by atoms with Crippen LogP contribution in [-0.4, -0.2) is 115 Å². The summed E-state index contributed by atoms with van der Waals surface area (Å²) in [6.07, 6.45) is 4.85. The van der Waals surface area contributed by atoms with Crippen molar-refractivity contribution in [1.29, 1.82) is 0 Å². The molecule has 0 unspecified atom stereocenters. The molecule has 0 N–H and O–H groups in total. The zero-order valence-electron chi connectivity index (χ0n) is 19.3. The Bertz CT molecular complexity index is 515. The van der Waals surface area contributed by atoms with Gasteiger partial charge in [0.05, 0.1) is 31.7 Å². The highest BCUT2D eigenvalue weighted by Crippen LogP contribution is 2.13. The predicted molar refractivity (Wildman–Crippen MR) is 123 cm³/mol. The Balaban J connectivity index is 1.43. The fourth-order valence-electron chi connectivity index (χ4n) is 4.59. The van der Waals surface area contributed by atoms with Gasteiger partial charge in [-0.05, 0) is 53.4 Å². The molecule has 3 heterocycles. The van der Waals surface area contributed by atoms with Gasteiger partial charge in [-0.2, -0.15) is 0 Å². The third-order valence-corrected chi connectivity index (χ3v) is 6.47. The molecule has 1 saturated heterocycles. The van der Waals surface area contributed by atoms with Crippen molar-refractivity contribution in [3.05, 3.63) is 0 Å². The van der Waals surface area contributed by atoms with Crippen molar-refractivity contribution in [1.82, 2.24) is 24.5 Å². The van der Waals surface area contributed by atoms with Crippen LogP contribution in [0.25, 0.3) is 0 Å². The number of hydrogen-bond acceptors (Lipinski definition) is 7. The van der Waals surface area contributed by atoms with E-state index in [1.54, 1.807) is 0 Å². The lowest BCUT2D eigenvalue weighted by atomic mass is 10.2. The highest BCUT2D eigenvalue weighted by molar-refractivity contribution is 5.80. The Morgan fingerprint density at radius 3 is 1.62 bits per heavy atom. The summed E-state index contributed by atoms with van der Waals surface area (Å²) < 4.78 is 0. The molecule has 0 aromatic heterocycles. The fourth-order valence-corrected chi connectivity index (χ4v) is 4.59. The highest BCUT2D eigenvalue weighted by atomic mass is 15.5. The normalized spacial score (nSPS) is 22.9. The Hall–Kier alpha value is -1.18. The maximum Gasteiger partial charge on any atom is 0.0957 e. The van der Waals surface area contributed by atoms with Gasteiger partial charge < -0.3 is 9.80 Å². The summed E-state index contributed by atoms with van der Waals surface area (Å²) in [4.78, 5) is 22.0. The lowest BCUT2D eigenvalue weighted by Crippen LogP contribution is -2.57. The van der Waals surface area contributed by atoms with Gasteiger partial charge in [0.2, 0.25) is 0 Å². The van der Waals surface area contributed by atoms with Crippen molar-refractivity contribution in [2.75, 3.05) is 72.4 Å². The van der Waals surface area contributed by atoms with Gasteiger partial charge in [0.25, 0.3) is 0 Å². The van der Waals surface area contributed by atoms with E-state index in [-0.39, 0.29) is 0 Å². The maximum atomic E-state index is 4.60. The molecule has 0 amide bonds. The molecule has 0 bridgehead atoms. The quantitative estimate of drug-likeness (QED) is 0.588. The van der Waals surface area contributed by atoms with Crippen LogP contribution in [-0.2, 0) is 0 Å². The van der Waals surface area contributed by atoms with Gasteiger partial charge in [0.15, 0.2) is 0 Å². The van der Waals surface area contributed by atoms with Gasteiger partial charge in [-0.1, -0.05) is 0 Å². The van der Waals surface area contributed by atoms with Crippen molar-refractivity contribution in [3.8, 4) is 0 Å². The van der Waals surface area contributed by atoms with Crippen LogP contribution in [0.1, 0.15) is 53.4 Å². The number of aliphatic imine (C=N–C) groups is 2. The summed E-state index contributed by atoms with van der Waals surface area (Å²) in [5, 5.41) is 0. The van der Waals surface area contributed by atoms with Gasteiger partial charge in [0.1, 0.15) is 0 Å². The Morgan fingerprint density at radius 2 is 1.21 bits per heavy atom. The van der Waals surface area contributed by atoms with E-state index in [0.717, 1.165) is 46.2 Å². The average molecular weight is 406 g/mol. The molecule has 7 heteroatoms. The SMILES string of the molecule is CC1=NCCCN1CCCN1CN(CCCN2CCCN=C2C)CN(C(C)C)C1. The van der Waals surface area contributed by atoms with Crippen molar-refractivity contribution in [3.63, 3.8) is 0 Å². The molecular weight excluding hydrogens is 362 g/mol. The van der Waals surface area contributed by atoms with E-state index in [4.69, 9.17) is 0 Å². The van der Waals surface area contributed by atoms with E-state index in [9.17, 15) is 0 Å². The van der Waals surface area contributed by atoms with Crippen molar-refractivity contribution >= 4 is 11.7 Å². The number of nitrogens with zero attached hydrogens (tertiary/aromatic N) is 7. The first-order chi connectivity index (χ1) is 14.0. The molecule has 0 aromatic carbocycles. The van der Waals surface area contributed by atoms with Crippen LogP contribution in [0.2, 0.25) is 0 Å². The Labute approximate surface area is 178 Å². The van der Waals surface area contributed by atoms with Crippen LogP contribution < -0.4 is 0 Å². The second-order valence-electron chi connectivity index (χ2n) is 9.14. The van der Waals surface area contributed by atoms with Crippen molar-refractivity contribution in [2.45, 2.75) is 59.4 Å². The summed E-state index contributed by atoms with van der Waals surface area (Å²) in [5.74, 6) is 2.47. The van der Waals surface area contributed by atoms with Gasteiger partial charge in [-0.3, -0.25) is 24.7 Å². The minimum absolute atomic E-state index is 0.591. The molecule has 0 spiro atoms. The average Bonchev–Trinajstić information content (AvgIpc) is 2.71. The lowest BCUT2D eigenvalue weighted by Gasteiger charge is -2.44. The molecule has 1 fully saturated rings. The number of hydrogen-bond donors (Lipinski definition) is 0. The zero-order chi connectivity index (χ0) is 20.6. The summed E-state index contributed by atoms with van der Waals surface area (Å²) in [7, 11) is 0. The summed E-state index contributed by atoms with van der Waals surface area (Å²) in [6.45, 7) is 21.3. The molecule has 29 heavy (non-hydrogen) atoms. The third kappa shape index (κ3) is 6.93. The Morgan fingerprint density at radius 1 is 0.724 bits per heavy atom. The predicted octanol–water partition coefficient (Wildman–Crippen LogP) is 2.22. The third-order valence-electron chi connectivity index (χ3n) is 6.47. The van der Waals surface area contributed by atoms with Gasteiger partial charge in [-0.15, -0.1) is 0 Å². The largest absolute Gasteiger partial charge is 0.360 e. The van der Waals surface area contributed by atoms with E-state index < -0.39 is 0 Å². The summed E-state index contributed by atoms with van der Waals surface area (Å²) in [5.41, 5.74) is 0. The second-order valence-corrected chi connectivity index (χ2v) is 9.14. The molecule has 0 aromatic rings. The van der Waals surface area contributed by atoms with Gasteiger partial charge >= 0.3 is 0 Å². The minimum atomic E-state index is 0.591. The van der Waals surface area contributed by atoms with E-state index in [1.165, 1.54) is 63.5 Å². The first-order valence-electron chi connectivity index (χ1n) is 11.7. The van der Waals surface area contributed by atoms with Crippen LogP contribution in [0.5, 0.6) is 0 Å². The first kappa shape index (κ1) is 22.5. The standard InChI is InChI=1S/C22H43N7/c1-20(2)29-18-25(11-7-15-27-13-5-9-23-21(27)3)17-26(19-29)12-8-16-28-14-6-10-24-22(28)4/h20H,5-19H2,1-4H3. The van der Waals surface area contributed by atoms with Crippen LogP contribution in [0, 0.1) is 0 Å².